The minimum absolute atomic E-state index is 0.215. The molecule has 0 saturated carbocycles. The van der Waals surface area contributed by atoms with E-state index in [-0.39, 0.29) is 6.54 Å². The summed E-state index contributed by atoms with van der Waals surface area (Å²) in [6.07, 6.45) is 1.94. The number of ether oxygens (including phenoxy) is 1. The fraction of sp³-hybridized carbons (Fsp3) is 0.700. The summed E-state index contributed by atoms with van der Waals surface area (Å²) in [5.74, 6) is 0. The van der Waals surface area contributed by atoms with Crippen molar-refractivity contribution in [3.05, 3.63) is 11.5 Å². The predicted molar refractivity (Wildman–Crippen MR) is 60.7 cm³/mol. The average molecular weight is 227 g/mol. The molecule has 1 aliphatic rings. The first-order valence-electron chi connectivity index (χ1n) is 5.32. The molecular formula is C10H18BNO4. The van der Waals surface area contributed by atoms with Gasteiger partial charge in [0, 0.05) is 13.1 Å². The van der Waals surface area contributed by atoms with Gasteiger partial charge in [0.15, 0.2) is 0 Å². The van der Waals surface area contributed by atoms with Crippen LogP contribution in [0.1, 0.15) is 27.2 Å². The third kappa shape index (κ3) is 3.86. The van der Waals surface area contributed by atoms with Crippen molar-refractivity contribution < 1.29 is 19.6 Å². The quantitative estimate of drug-likeness (QED) is 0.642. The lowest BCUT2D eigenvalue weighted by atomic mass is 9.77. The molecule has 90 valence electrons. The Bertz CT molecular complexity index is 296. The molecule has 5 nitrogen and oxygen atoms in total. The molecular weight excluding hydrogens is 209 g/mol. The topological polar surface area (TPSA) is 70.0 Å². The van der Waals surface area contributed by atoms with E-state index in [1.54, 1.807) is 26.8 Å². The van der Waals surface area contributed by atoms with E-state index >= 15 is 0 Å². The number of nitrogens with zero attached hydrogens (tertiary/aromatic N) is 1. The molecule has 0 spiro atoms. The van der Waals surface area contributed by atoms with Crippen molar-refractivity contribution in [3.8, 4) is 0 Å². The summed E-state index contributed by atoms with van der Waals surface area (Å²) < 4.78 is 5.20. The summed E-state index contributed by atoms with van der Waals surface area (Å²) in [4.78, 5) is 13.2. The molecule has 16 heavy (non-hydrogen) atoms. The van der Waals surface area contributed by atoms with E-state index in [0.717, 1.165) is 0 Å². The molecule has 1 aliphatic heterocycles. The maximum Gasteiger partial charge on any atom is 0.485 e. The number of hydrogen-bond acceptors (Lipinski definition) is 4. The highest BCUT2D eigenvalue weighted by Crippen LogP contribution is 2.15. The van der Waals surface area contributed by atoms with Crippen LogP contribution in [0.5, 0.6) is 0 Å². The maximum absolute atomic E-state index is 11.7. The molecule has 0 saturated heterocycles. The van der Waals surface area contributed by atoms with Crippen LogP contribution in [0.4, 0.5) is 4.79 Å². The van der Waals surface area contributed by atoms with Crippen LogP contribution in [0.15, 0.2) is 11.5 Å². The van der Waals surface area contributed by atoms with Crippen molar-refractivity contribution in [1.82, 2.24) is 4.90 Å². The number of hydrogen-bond donors (Lipinski definition) is 2. The standard InChI is InChI=1S/C10H18BNO4/c1-10(2,3)16-9(13)12-6-4-5-8(7-12)11(14)15/h5,14-15H,4,6-7H2,1-3H3. The zero-order valence-electron chi connectivity index (χ0n) is 9.93. The van der Waals surface area contributed by atoms with E-state index in [2.05, 4.69) is 0 Å². The van der Waals surface area contributed by atoms with Gasteiger partial charge in [-0.15, -0.1) is 0 Å². The smallest absolute Gasteiger partial charge is 0.444 e. The molecule has 0 aromatic carbocycles. The van der Waals surface area contributed by atoms with E-state index in [4.69, 9.17) is 14.8 Å². The van der Waals surface area contributed by atoms with Gasteiger partial charge in [-0.25, -0.2) is 4.79 Å². The van der Waals surface area contributed by atoms with Gasteiger partial charge in [-0.3, -0.25) is 0 Å². The van der Waals surface area contributed by atoms with E-state index in [0.29, 0.717) is 18.4 Å². The Labute approximate surface area is 95.8 Å². The molecule has 1 rings (SSSR count). The number of carbonyl (C=O) groups is 1. The van der Waals surface area contributed by atoms with Gasteiger partial charge in [0.2, 0.25) is 0 Å². The summed E-state index contributed by atoms with van der Waals surface area (Å²) in [7, 11) is -1.50. The lowest BCUT2D eigenvalue weighted by Gasteiger charge is -2.30. The van der Waals surface area contributed by atoms with Gasteiger partial charge in [0.1, 0.15) is 5.60 Å². The highest BCUT2D eigenvalue weighted by Gasteiger charge is 2.27. The van der Waals surface area contributed by atoms with Crippen LogP contribution in [-0.2, 0) is 4.74 Å². The van der Waals surface area contributed by atoms with Crippen LogP contribution in [0.25, 0.3) is 0 Å². The number of rotatable bonds is 1. The van der Waals surface area contributed by atoms with Gasteiger partial charge in [-0.2, -0.15) is 0 Å². The highest BCUT2D eigenvalue weighted by atomic mass is 16.6. The first kappa shape index (κ1) is 13.1. The third-order valence-electron chi connectivity index (χ3n) is 2.16. The molecule has 0 atom stereocenters. The van der Waals surface area contributed by atoms with Crippen molar-refractivity contribution in [2.75, 3.05) is 13.1 Å². The monoisotopic (exact) mass is 227 g/mol. The van der Waals surface area contributed by atoms with Crippen LogP contribution >= 0.6 is 0 Å². The van der Waals surface area contributed by atoms with E-state index in [9.17, 15) is 4.79 Å². The molecule has 6 heteroatoms. The molecule has 0 radical (unpaired) electrons. The zero-order chi connectivity index (χ0) is 12.3. The first-order chi connectivity index (χ1) is 7.29. The third-order valence-corrected chi connectivity index (χ3v) is 2.16. The first-order valence-corrected chi connectivity index (χ1v) is 5.32. The number of amides is 1. The summed E-state index contributed by atoms with van der Waals surface area (Å²) in [5.41, 5.74) is -0.0897. The fourth-order valence-corrected chi connectivity index (χ4v) is 1.44. The zero-order valence-corrected chi connectivity index (χ0v) is 9.93. The van der Waals surface area contributed by atoms with Gasteiger partial charge >= 0.3 is 13.2 Å². The van der Waals surface area contributed by atoms with Crippen LogP contribution < -0.4 is 0 Å². The molecule has 0 aromatic rings. The lowest BCUT2D eigenvalue weighted by molar-refractivity contribution is 0.0264. The Morgan fingerprint density at radius 3 is 2.62 bits per heavy atom. The average Bonchev–Trinajstić information content (AvgIpc) is 2.15. The highest BCUT2D eigenvalue weighted by molar-refractivity contribution is 6.50. The second kappa shape index (κ2) is 4.89. The molecule has 1 amide bonds. The van der Waals surface area contributed by atoms with Gasteiger partial charge in [0.25, 0.3) is 0 Å². The summed E-state index contributed by atoms with van der Waals surface area (Å²) in [5, 5.41) is 18.0. The summed E-state index contributed by atoms with van der Waals surface area (Å²) in [6, 6.07) is 0. The SMILES string of the molecule is CC(C)(C)OC(=O)N1CCC=C(B(O)O)C1. The van der Waals surface area contributed by atoms with Crippen LogP contribution in [0, 0.1) is 0 Å². The van der Waals surface area contributed by atoms with Gasteiger partial charge in [0.05, 0.1) is 0 Å². The second-order valence-corrected chi connectivity index (χ2v) is 4.84. The van der Waals surface area contributed by atoms with Crippen molar-refractivity contribution in [1.29, 1.82) is 0 Å². The second-order valence-electron chi connectivity index (χ2n) is 4.84. The van der Waals surface area contributed by atoms with Crippen LogP contribution in [0.2, 0.25) is 0 Å². The minimum Gasteiger partial charge on any atom is -0.444 e. The van der Waals surface area contributed by atoms with Gasteiger partial charge < -0.3 is 19.7 Å². The normalized spacial score (nSPS) is 16.8. The molecule has 0 unspecified atom stereocenters. The van der Waals surface area contributed by atoms with Gasteiger partial charge in [-0.05, 0) is 32.7 Å². The molecule has 1 heterocycles. The van der Waals surface area contributed by atoms with Crippen LogP contribution in [-0.4, -0.2) is 46.9 Å². The van der Waals surface area contributed by atoms with E-state index < -0.39 is 18.8 Å². The lowest BCUT2D eigenvalue weighted by Crippen LogP contribution is -2.42. The van der Waals surface area contributed by atoms with Gasteiger partial charge in [-0.1, -0.05) is 6.08 Å². The summed E-state index contributed by atoms with van der Waals surface area (Å²) >= 11 is 0. The Morgan fingerprint density at radius 2 is 2.12 bits per heavy atom. The Kier molecular flexibility index (Phi) is 3.99. The Balaban J connectivity index is 2.57. The van der Waals surface area contributed by atoms with Crippen molar-refractivity contribution >= 4 is 13.2 Å². The molecule has 0 aliphatic carbocycles. The molecule has 0 aromatic heterocycles. The molecule has 2 N–H and O–H groups in total. The maximum atomic E-state index is 11.7. The van der Waals surface area contributed by atoms with Crippen LogP contribution in [0.3, 0.4) is 0 Å². The van der Waals surface area contributed by atoms with Crippen molar-refractivity contribution in [3.63, 3.8) is 0 Å². The molecule has 0 fully saturated rings. The molecule has 0 bridgehead atoms. The minimum atomic E-state index is -1.50. The fourth-order valence-electron chi connectivity index (χ4n) is 1.44. The Hall–Kier alpha value is -1.01. The van der Waals surface area contributed by atoms with E-state index in [1.807, 2.05) is 0 Å². The number of carbonyl (C=O) groups excluding carboxylic acids is 1. The van der Waals surface area contributed by atoms with Crippen molar-refractivity contribution in [2.45, 2.75) is 32.8 Å². The van der Waals surface area contributed by atoms with E-state index in [1.165, 1.54) is 4.90 Å². The Morgan fingerprint density at radius 1 is 1.50 bits per heavy atom. The predicted octanol–water partition coefficient (Wildman–Crippen LogP) is 0.566. The van der Waals surface area contributed by atoms with Crippen molar-refractivity contribution in [2.24, 2.45) is 0 Å². The largest absolute Gasteiger partial charge is 0.485 e. The summed E-state index contributed by atoms with van der Waals surface area (Å²) in [6.45, 7) is 6.16.